The van der Waals surface area contributed by atoms with Crippen LogP contribution in [-0.2, 0) is 7.05 Å². The summed E-state index contributed by atoms with van der Waals surface area (Å²) in [6.07, 6.45) is 0. The van der Waals surface area contributed by atoms with Crippen molar-refractivity contribution in [2.24, 2.45) is 7.05 Å². The van der Waals surface area contributed by atoms with E-state index < -0.39 is 5.97 Å². The van der Waals surface area contributed by atoms with Crippen molar-refractivity contribution in [3.05, 3.63) is 36.0 Å². The first-order valence-electron chi connectivity index (χ1n) is 4.38. The molecular weight excluding hydrogens is 206 g/mol. The maximum absolute atomic E-state index is 10.9. The van der Waals surface area contributed by atoms with Crippen molar-refractivity contribution in [3.63, 3.8) is 0 Å². The Labute approximate surface area is 93.3 Å². The molecule has 0 saturated heterocycles. The van der Waals surface area contributed by atoms with Crippen LogP contribution >= 0.6 is 0 Å². The molecule has 0 aliphatic rings. The Balaban J connectivity index is 0.00000128. The van der Waals surface area contributed by atoms with Gasteiger partial charge in [0.1, 0.15) is 5.69 Å². The summed E-state index contributed by atoms with van der Waals surface area (Å²) < 4.78 is 1.46. The average Bonchev–Trinajstić information content (AvgIpc) is 2.61. The first-order valence-corrected chi connectivity index (χ1v) is 4.38. The summed E-state index contributed by atoms with van der Waals surface area (Å²) in [7, 11) is 1.67. The minimum absolute atomic E-state index is 0. The highest BCUT2D eigenvalue weighted by Gasteiger charge is 2.18. The van der Waals surface area contributed by atoms with Gasteiger partial charge in [-0.3, -0.25) is 0 Å². The molecule has 0 aliphatic heterocycles. The monoisotopic (exact) mass is 219 g/mol. The minimum Gasteiger partial charge on any atom is -0.476 e. The van der Waals surface area contributed by atoms with Gasteiger partial charge in [0.25, 0.3) is 0 Å². The molecule has 0 aliphatic carbocycles. The number of hydrogen-bond acceptors (Lipinski definition) is 3. The number of rotatable bonds is 2. The molecule has 5 heteroatoms. The van der Waals surface area contributed by atoms with Crippen molar-refractivity contribution >= 4 is 5.97 Å². The number of carboxylic acids is 1. The van der Waals surface area contributed by atoms with Gasteiger partial charge in [-0.2, -0.15) is 0 Å². The molecule has 1 aromatic heterocycles. The second-order valence-electron chi connectivity index (χ2n) is 3.08. The first-order chi connectivity index (χ1) is 7.20. The van der Waals surface area contributed by atoms with E-state index >= 15 is 0 Å². The SMILES string of the molecule is C.Cn1nnc(C(=O)O)c1-c1ccccc1. The maximum Gasteiger partial charge on any atom is 0.358 e. The number of aromatic nitrogens is 3. The van der Waals surface area contributed by atoms with Crippen LogP contribution in [0.15, 0.2) is 30.3 Å². The lowest BCUT2D eigenvalue weighted by molar-refractivity contribution is 0.0691. The standard InChI is InChI=1S/C10H9N3O2.CH4/c1-13-9(7-5-3-2-4-6-7)8(10(14)15)11-12-13;/h2-6H,1H3,(H,14,15);1H4. The van der Waals surface area contributed by atoms with Crippen molar-refractivity contribution in [1.82, 2.24) is 15.0 Å². The molecule has 0 amide bonds. The topological polar surface area (TPSA) is 68.0 Å². The van der Waals surface area contributed by atoms with Gasteiger partial charge in [-0.25, -0.2) is 9.48 Å². The van der Waals surface area contributed by atoms with Gasteiger partial charge in [0.05, 0.1) is 0 Å². The third-order valence-corrected chi connectivity index (χ3v) is 2.08. The van der Waals surface area contributed by atoms with Gasteiger partial charge in [0, 0.05) is 12.6 Å². The molecule has 5 nitrogen and oxygen atoms in total. The van der Waals surface area contributed by atoms with Crippen LogP contribution in [0.25, 0.3) is 11.3 Å². The fourth-order valence-corrected chi connectivity index (χ4v) is 1.42. The molecule has 0 unspecified atom stereocenters. The number of nitrogens with zero attached hydrogens (tertiary/aromatic N) is 3. The molecule has 84 valence electrons. The van der Waals surface area contributed by atoms with E-state index in [4.69, 9.17) is 5.11 Å². The van der Waals surface area contributed by atoms with E-state index in [9.17, 15) is 4.79 Å². The van der Waals surface area contributed by atoms with Gasteiger partial charge < -0.3 is 5.11 Å². The van der Waals surface area contributed by atoms with Crippen molar-refractivity contribution in [2.45, 2.75) is 7.43 Å². The Morgan fingerprint density at radius 3 is 2.50 bits per heavy atom. The van der Waals surface area contributed by atoms with E-state index in [-0.39, 0.29) is 13.1 Å². The fraction of sp³-hybridized carbons (Fsp3) is 0.182. The van der Waals surface area contributed by atoms with Crippen LogP contribution < -0.4 is 0 Å². The lowest BCUT2D eigenvalue weighted by atomic mass is 10.1. The maximum atomic E-state index is 10.9. The normalized spacial score (nSPS) is 9.56. The molecule has 1 heterocycles. The Bertz CT molecular complexity index is 491. The summed E-state index contributed by atoms with van der Waals surface area (Å²) in [6, 6.07) is 9.20. The van der Waals surface area contributed by atoms with Gasteiger partial charge in [-0.15, -0.1) is 5.10 Å². The summed E-state index contributed by atoms with van der Waals surface area (Å²) >= 11 is 0. The van der Waals surface area contributed by atoms with Gasteiger partial charge in [0.15, 0.2) is 5.69 Å². The van der Waals surface area contributed by atoms with E-state index in [1.165, 1.54) is 4.68 Å². The highest BCUT2D eigenvalue weighted by atomic mass is 16.4. The third-order valence-electron chi connectivity index (χ3n) is 2.08. The first kappa shape index (κ1) is 11.9. The van der Waals surface area contributed by atoms with Crippen molar-refractivity contribution in [3.8, 4) is 11.3 Å². The third kappa shape index (κ3) is 1.93. The molecule has 1 aromatic carbocycles. The molecule has 0 fully saturated rings. The largest absolute Gasteiger partial charge is 0.476 e. The Morgan fingerprint density at radius 1 is 1.31 bits per heavy atom. The molecule has 0 saturated carbocycles. The predicted molar refractivity (Wildman–Crippen MR) is 60.1 cm³/mol. The summed E-state index contributed by atoms with van der Waals surface area (Å²) in [5.41, 5.74) is 1.29. The minimum atomic E-state index is -1.07. The lowest BCUT2D eigenvalue weighted by Crippen LogP contribution is -2.01. The highest BCUT2D eigenvalue weighted by Crippen LogP contribution is 2.20. The zero-order valence-corrected chi connectivity index (χ0v) is 8.08. The summed E-state index contributed by atoms with van der Waals surface area (Å²) in [5.74, 6) is -1.07. The van der Waals surface area contributed by atoms with Crippen molar-refractivity contribution in [1.29, 1.82) is 0 Å². The van der Waals surface area contributed by atoms with E-state index in [1.807, 2.05) is 30.3 Å². The second-order valence-corrected chi connectivity index (χ2v) is 3.08. The summed E-state index contributed by atoms with van der Waals surface area (Å²) in [4.78, 5) is 10.9. The summed E-state index contributed by atoms with van der Waals surface area (Å²) in [6.45, 7) is 0. The van der Waals surface area contributed by atoms with Gasteiger partial charge in [-0.1, -0.05) is 43.0 Å². The van der Waals surface area contributed by atoms with Gasteiger partial charge in [-0.05, 0) is 0 Å². The van der Waals surface area contributed by atoms with E-state index in [2.05, 4.69) is 10.3 Å². The van der Waals surface area contributed by atoms with Crippen LogP contribution in [0, 0.1) is 0 Å². The number of hydrogen-bond donors (Lipinski definition) is 1. The summed E-state index contributed by atoms with van der Waals surface area (Å²) in [5, 5.41) is 16.2. The van der Waals surface area contributed by atoms with Crippen LogP contribution in [0.5, 0.6) is 0 Å². The molecule has 0 spiro atoms. The van der Waals surface area contributed by atoms with Gasteiger partial charge in [0.2, 0.25) is 0 Å². The molecule has 2 aromatic rings. The molecule has 0 bridgehead atoms. The number of carboxylic acid groups (broad SMARTS) is 1. The number of carbonyl (C=O) groups is 1. The molecule has 16 heavy (non-hydrogen) atoms. The molecule has 2 rings (SSSR count). The molecule has 0 radical (unpaired) electrons. The van der Waals surface area contributed by atoms with Crippen LogP contribution in [0.4, 0.5) is 0 Å². The zero-order valence-electron chi connectivity index (χ0n) is 8.08. The Hall–Kier alpha value is -2.17. The van der Waals surface area contributed by atoms with Crippen LogP contribution in [-0.4, -0.2) is 26.1 Å². The zero-order chi connectivity index (χ0) is 10.8. The lowest BCUT2D eigenvalue weighted by Gasteiger charge is -2.01. The molecule has 0 atom stereocenters. The molecule has 1 N–H and O–H groups in total. The van der Waals surface area contributed by atoms with E-state index in [0.717, 1.165) is 5.56 Å². The second kappa shape index (κ2) is 4.57. The predicted octanol–water partition coefficient (Wildman–Crippen LogP) is 1.82. The van der Waals surface area contributed by atoms with Crippen LogP contribution in [0.1, 0.15) is 17.9 Å². The number of aryl methyl sites for hydroxylation is 1. The van der Waals surface area contributed by atoms with Crippen molar-refractivity contribution in [2.75, 3.05) is 0 Å². The Kier molecular flexibility index (Phi) is 3.40. The highest BCUT2D eigenvalue weighted by molar-refractivity contribution is 5.92. The quantitative estimate of drug-likeness (QED) is 0.836. The van der Waals surface area contributed by atoms with E-state index in [1.54, 1.807) is 7.05 Å². The van der Waals surface area contributed by atoms with Crippen LogP contribution in [0.2, 0.25) is 0 Å². The van der Waals surface area contributed by atoms with Gasteiger partial charge >= 0.3 is 5.97 Å². The number of aromatic carboxylic acids is 1. The van der Waals surface area contributed by atoms with E-state index in [0.29, 0.717) is 5.69 Å². The Morgan fingerprint density at radius 2 is 1.94 bits per heavy atom. The van der Waals surface area contributed by atoms with Crippen LogP contribution in [0.3, 0.4) is 0 Å². The fourth-order valence-electron chi connectivity index (χ4n) is 1.42. The van der Waals surface area contributed by atoms with Crippen molar-refractivity contribution < 1.29 is 9.90 Å². The number of benzene rings is 1. The molecular formula is C11H13N3O2. The smallest absolute Gasteiger partial charge is 0.358 e. The average molecular weight is 219 g/mol.